The Morgan fingerprint density at radius 2 is 2.12 bits per heavy atom. The highest BCUT2D eigenvalue weighted by Gasteiger charge is 2.18. The molecular formula is C14H16O3. The standard InChI is InChI=1S/C14H16O3/c15-13-8-4-5-11(9-13)10-17-14(16)12-6-2-1-3-7-12/h1-4,6-8,11,13,15H,5,9-10H2. The van der Waals surface area contributed by atoms with Crippen LogP contribution in [0.4, 0.5) is 0 Å². The van der Waals surface area contributed by atoms with Crippen LogP contribution in [-0.2, 0) is 4.74 Å². The van der Waals surface area contributed by atoms with Crippen molar-refractivity contribution in [3.63, 3.8) is 0 Å². The summed E-state index contributed by atoms with van der Waals surface area (Å²) in [5.41, 5.74) is 0.569. The highest BCUT2D eigenvalue weighted by Crippen LogP contribution is 2.19. The van der Waals surface area contributed by atoms with Crippen molar-refractivity contribution < 1.29 is 14.6 Å². The Hall–Kier alpha value is -1.61. The van der Waals surface area contributed by atoms with Gasteiger partial charge in [-0.1, -0.05) is 30.4 Å². The van der Waals surface area contributed by atoms with E-state index in [-0.39, 0.29) is 11.9 Å². The average Bonchev–Trinajstić information content (AvgIpc) is 2.37. The van der Waals surface area contributed by atoms with Gasteiger partial charge >= 0.3 is 5.97 Å². The number of carbonyl (C=O) groups is 1. The van der Waals surface area contributed by atoms with E-state index in [1.165, 1.54) is 0 Å². The lowest BCUT2D eigenvalue weighted by Crippen LogP contribution is -2.21. The number of ether oxygens (including phenoxy) is 1. The Bertz CT molecular complexity index is 397. The molecule has 2 unspecified atom stereocenters. The molecule has 3 nitrogen and oxygen atoms in total. The van der Waals surface area contributed by atoms with Gasteiger partial charge < -0.3 is 9.84 Å². The number of aliphatic hydroxyl groups excluding tert-OH is 1. The zero-order chi connectivity index (χ0) is 12.1. The zero-order valence-corrected chi connectivity index (χ0v) is 9.58. The molecule has 0 bridgehead atoms. The van der Waals surface area contributed by atoms with Crippen LogP contribution in [-0.4, -0.2) is 23.8 Å². The molecule has 0 fully saturated rings. The van der Waals surface area contributed by atoms with Crippen LogP contribution in [0.2, 0.25) is 0 Å². The molecule has 0 saturated carbocycles. The summed E-state index contributed by atoms with van der Waals surface area (Å²) in [6.07, 6.45) is 4.85. The summed E-state index contributed by atoms with van der Waals surface area (Å²) in [7, 11) is 0. The molecule has 1 aromatic rings. The average molecular weight is 232 g/mol. The molecule has 3 heteroatoms. The van der Waals surface area contributed by atoms with Gasteiger partial charge in [-0.15, -0.1) is 0 Å². The lowest BCUT2D eigenvalue weighted by molar-refractivity contribution is 0.0393. The fourth-order valence-electron chi connectivity index (χ4n) is 1.93. The molecule has 0 aliphatic heterocycles. The van der Waals surface area contributed by atoms with Crippen LogP contribution in [0.1, 0.15) is 23.2 Å². The van der Waals surface area contributed by atoms with Crippen LogP contribution in [0, 0.1) is 5.92 Å². The van der Waals surface area contributed by atoms with Gasteiger partial charge in [0.25, 0.3) is 0 Å². The molecule has 0 radical (unpaired) electrons. The van der Waals surface area contributed by atoms with Crippen LogP contribution < -0.4 is 0 Å². The molecule has 0 heterocycles. The third-order valence-corrected chi connectivity index (χ3v) is 2.86. The van der Waals surface area contributed by atoms with Crippen LogP contribution in [0.3, 0.4) is 0 Å². The molecule has 0 saturated heterocycles. The minimum atomic E-state index is -0.399. The molecule has 1 aromatic carbocycles. The Kier molecular flexibility index (Phi) is 3.94. The highest BCUT2D eigenvalue weighted by atomic mass is 16.5. The van der Waals surface area contributed by atoms with Crippen LogP contribution in [0.15, 0.2) is 42.5 Å². The predicted octanol–water partition coefficient (Wildman–Crippen LogP) is 2.17. The van der Waals surface area contributed by atoms with E-state index in [9.17, 15) is 9.90 Å². The van der Waals surface area contributed by atoms with Gasteiger partial charge in [-0.2, -0.15) is 0 Å². The first-order valence-electron chi connectivity index (χ1n) is 5.82. The molecule has 1 aliphatic carbocycles. The zero-order valence-electron chi connectivity index (χ0n) is 9.58. The summed E-state index contributed by atoms with van der Waals surface area (Å²) < 4.78 is 5.23. The van der Waals surface area contributed by atoms with Gasteiger partial charge in [0.05, 0.1) is 18.3 Å². The van der Waals surface area contributed by atoms with Gasteiger partial charge in [0, 0.05) is 0 Å². The number of hydrogen-bond acceptors (Lipinski definition) is 3. The summed E-state index contributed by atoms with van der Waals surface area (Å²) in [5.74, 6) is -0.0719. The molecule has 90 valence electrons. The number of esters is 1. The molecule has 1 N–H and O–H groups in total. The first-order valence-corrected chi connectivity index (χ1v) is 5.82. The fourth-order valence-corrected chi connectivity index (χ4v) is 1.93. The van der Waals surface area contributed by atoms with Crippen molar-refractivity contribution in [3.8, 4) is 0 Å². The minimum Gasteiger partial charge on any atom is -0.462 e. The summed E-state index contributed by atoms with van der Waals surface area (Å²) in [4.78, 5) is 11.7. The third kappa shape index (κ3) is 3.43. The quantitative estimate of drug-likeness (QED) is 0.641. The number of rotatable bonds is 3. The van der Waals surface area contributed by atoms with Crippen molar-refractivity contribution in [2.45, 2.75) is 18.9 Å². The molecule has 17 heavy (non-hydrogen) atoms. The summed E-state index contributed by atoms with van der Waals surface area (Å²) >= 11 is 0. The van der Waals surface area contributed by atoms with Gasteiger partial charge in [-0.3, -0.25) is 0 Å². The molecule has 2 rings (SSSR count). The maximum Gasteiger partial charge on any atom is 0.338 e. The van der Waals surface area contributed by atoms with Gasteiger partial charge in [0.15, 0.2) is 0 Å². The topological polar surface area (TPSA) is 46.5 Å². The number of benzene rings is 1. The SMILES string of the molecule is O=C(OCC1CC=CC(O)C1)c1ccccc1. The Morgan fingerprint density at radius 3 is 2.82 bits per heavy atom. The lowest BCUT2D eigenvalue weighted by atomic mass is 9.93. The third-order valence-electron chi connectivity index (χ3n) is 2.86. The van der Waals surface area contributed by atoms with Crippen molar-refractivity contribution in [1.29, 1.82) is 0 Å². The van der Waals surface area contributed by atoms with Crippen molar-refractivity contribution >= 4 is 5.97 Å². The Labute approximate surface area is 101 Å². The number of carbonyl (C=O) groups excluding carboxylic acids is 1. The molecular weight excluding hydrogens is 216 g/mol. The molecule has 1 aliphatic rings. The highest BCUT2D eigenvalue weighted by molar-refractivity contribution is 5.89. The van der Waals surface area contributed by atoms with Crippen LogP contribution in [0.25, 0.3) is 0 Å². The summed E-state index contributed by atoms with van der Waals surface area (Å²) in [6.45, 7) is 0.370. The van der Waals surface area contributed by atoms with Crippen molar-refractivity contribution in [3.05, 3.63) is 48.0 Å². The van der Waals surface area contributed by atoms with Crippen LogP contribution >= 0.6 is 0 Å². The second kappa shape index (κ2) is 5.64. The minimum absolute atomic E-state index is 0.225. The first kappa shape index (κ1) is 11.9. The Balaban J connectivity index is 1.83. The second-order valence-electron chi connectivity index (χ2n) is 4.30. The summed E-state index contributed by atoms with van der Waals surface area (Å²) in [5, 5.41) is 9.43. The maximum atomic E-state index is 11.7. The lowest BCUT2D eigenvalue weighted by Gasteiger charge is -2.20. The van der Waals surface area contributed by atoms with Gasteiger partial charge in [0.1, 0.15) is 0 Å². The normalized spacial score (nSPS) is 23.4. The predicted molar refractivity (Wildman–Crippen MR) is 64.6 cm³/mol. The largest absolute Gasteiger partial charge is 0.462 e. The van der Waals surface area contributed by atoms with E-state index in [0.29, 0.717) is 18.6 Å². The monoisotopic (exact) mass is 232 g/mol. The van der Waals surface area contributed by atoms with Crippen molar-refractivity contribution in [2.24, 2.45) is 5.92 Å². The first-order chi connectivity index (χ1) is 8.25. The molecule has 0 amide bonds. The molecule has 0 aromatic heterocycles. The maximum absolute atomic E-state index is 11.7. The van der Waals surface area contributed by atoms with E-state index in [4.69, 9.17) is 4.74 Å². The van der Waals surface area contributed by atoms with Gasteiger partial charge in [0.2, 0.25) is 0 Å². The molecule has 2 atom stereocenters. The van der Waals surface area contributed by atoms with E-state index in [1.807, 2.05) is 24.3 Å². The van der Waals surface area contributed by atoms with Crippen molar-refractivity contribution in [2.75, 3.05) is 6.61 Å². The smallest absolute Gasteiger partial charge is 0.338 e. The van der Waals surface area contributed by atoms with Gasteiger partial charge in [-0.05, 0) is 30.9 Å². The van der Waals surface area contributed by atoms with Gasteiger partial charge in [-0.25, -0.2) is 4.79 Å². The second-order valence-corrected chi connectivity index (χ2v) is 4.30. The Morgan fingerprint density at radius 1 is 1.35 bits per heavy atom. The fraction of sp³-hybridized carbons (Fsp3) is 0.357. The number of hydrogen-bond donors (Lipinski definition) is 1. The van der Waals surface area contributed by atoms with Crippen molar-refractivity contribution in [1.82, 2.24) is 0 Å². The molecule has 0 spiro atoms. The van der Waals surface area contributed by atoms with E-state index in [1.54, 1.807) is 18.2 Å². The van der Waals surface area contributed by atoms with Crippen LogP contribution in [0.5, 0.6) is 0 Å². The van der Waals surface area contributed by atoms with E-state index < -0.39 is 6.10 Å². The number of aliphatic hydroxyl groups is 1. The van der Waals surface area contributed by atoms with E-state index in [0.717, 1.165) is 6.42 Å². The van der Waals surface area contributed by atoms with E-state index >= 15 is 0 Å². The van der Waals surface area contributed by atoms with E-state index in [2.05, 4.69) is 0 Å². The summed E-state index contributed by atoms with van der Waals surface area (Å²) in [6, 6.07) is 8.95. The number of allylic oxidation sites excluding steroid dienone is 1.